The molecular weight excluding hydrogens is 192 g/mol. The lowest BCUT2D eigenvalue weighted by molar-refractivity contribution is -0.140. The highest BCUT2D eigenvalue weighted by molar-refractivity contribution is 8.43. The van der Waals surface area contributed by atoms with E-state index < -0.39 is 9.80 Å². The molecule has 2 N–H and O–H groups in total. The average Bonchev–Trinajstić information content (AvgIpc) is 1.78. The molecule has 0 aliphatic carbocycles. The SMILES string of the molecule is CC(=O)OCCCS(O)(O)Cl. The maximum atomic E-state index is 10.2. The van der Waals surface area contributed by atoms with Gasteiger partial charge >= 0.3 is 5.97 Å². The maximum absolute atomic E-state index is 10.2. The zero-order chi connectivity index (χ0) is 8.91. The first-order chi connectivity index (χ1) is 4.92. The van der Waals surface area contributed by atoms with E-state index in [2.05, 4.69) is 4.74 Å². The second-order valence-corrected chi connectivity index (χ2v) is 5.05. The van der Waals surface area contributed by atoms with E-state index in [0.717, 1.165) is 0 Å². The number of esters is 1. The Morgan fingerprint density at radius 2 is 2.18 bits per heavy atom. The molecule has 0 rings (SSSR count). The summed E-state index contributed by atoms with van der Waals surface area (Å²) < 4.78 is 21.8. The first kappa shape index (κ1) is 11.0. The van der Waals surface area contributed by atoms with Crippen LogP contribution in [0.2, 0.25) is 0 Å². The zero-order valence-corrected chi connectivity index (χ0v) is 7.69. The molecule has 0 bridgehead atoms. The number of rotatable bonds is 4. The molecule has 0 aliphatic rings. The first-order valence-corrected chi connectivity index (χ1v) is 5.55. The highest BCUT2D eigenvalue weighted by Gasteiger charge is 2.06. The van der Waals surface area contributed by atoms with Crippen molar-refractivity contribution in [2.75, 3.05) is 12.4 Å². The van der Waals surface area contributed by atoms with Crippen LogP contribution >= 0.6 is 20.5 Å². The van der Waals surface area contributed by atoms with Crippen molar-refractivity contribution >= 4 is 26.5 Å². The van der Waals surface area contributed by atoms with Crippen LogP contribution in [-0.2, 0) is 9.53 Å². The van der Waals surface area contributed by atoms with Gasteiger partial charge in [-0.3, -0.25) is 13.9 Å². The van der Waals surface area contributed by atoms with E-state index in [1.165, 1.54) is 6.92 Å². The molecule has 0 radical (unpaired) electrons. The van der Waals surface area contributed by atoms with Crippen molar-refractivity contribution in [2.45, 2.75) is 13.3 Å². The molecule has 0 heterocycles. The van der Waals surface area contributed by atoms with Crippen molar-refractivity contribution < 1.29 is 18.6 Å². The van der Waals surface area contributed by atoms with Crippen molar-refractivity contribution in [1.29, 1.82) is 0 Å². The first-order valence-electron chi connectivity index (χ1n) is 3.01. The Hall–Kier alpha value is 0.0300. The van der Waals surface area contributed by atoms with Gasteiger partial charge < -0.3 is 4.74 Å². The summed E-state index contributed by atoms with van der Waals surface area (Å²) in [5.74, 6) is -0.321. The molecule has 0 saturated heterocycles. The van der Waals surface area contributed by atoms with Crippen LogP contribution in [0.15, 0.2) is 0 Å². The number of carbonyl (C=O) groups excluding carboxylic acids is 1. The average molecular weight is 203 g/mol. The van der Waals surface area contributed by atoms with Crippen LogP contribution in [-0.4, -0.2) is 27.4 Å². The Morgan fingerprint density at radius 1 is 1.64 bits per heavy atom. The number of hydrogen-bond donors (Lipinski definition) is 2. The van der Waals surface area contributed by atoms with Gasteiger partial charge in [-0.05, 0) is 0 Å². The highest BCUT2D eigenvalue weighted by Crippen LogP contribution is 2.44. The molecule has 0 amide bonds. The third-order valence-electron chi connectivity index (χ3n) is 0.854. The summed E-state index contributed by atoms with van der Waals surface area (Å²) in [7, 11) is 2.16. The largest absolute Gasteiger partial charge is 0.466 e. The molecule has 0 spiro atoms. The third-order valence-corrected chi connectivity index (χ3v) is 2.12. The monoisotopic (exact) mass is 202 g/mol. The van der Waals surface area contributed by atoms with Crippen molar-refractivity contribution in [2.24, 2.45) is 0 Å². The molecule has 4 nitrogen and oxygen atoms in total. The van der Waals surface area contributed by atoms with Crippen LogP contribution < -0.4 is 0 Å². The molecule has 11 heavy (non-hydrogen) atoms. The molecule has 0 aromatic carbocycles. The van der Waals surface area contributed by atoms with Crippen molar-refractivity contribution in [3.8, 4) is 0 Å². The van der Waals surface area contributed by atoms with Crippen molar-refractivity contribution in [3.63, 3.8) is 0 Å². The summed E-state index contributed by atoms with van der Waals surface area (Å²) in [6, 6.07) is 0. The molecule has 0 atom stereocenters. The van der Waals surface area contributed by atoms with Crippen molar-refractivity contribution in [1.82, 2.24) is 0 Å². The lowest BCUT2D eigenvalue weighted by atomic mass is 10.5. The molecule has 0 aliphatic heterocycles. The molecule has 0 fully saturated rings. The minimum Gasteiger partial charge on any atom is -0.466 e. The Morgan fingerprint density at radius 3 is 2.55 bits per heavy atom. The van der Waals surface area contributed by atoms with Crippen LogP contribution in [0.4, 0.5) is 0 Å². The third kappa shape index (κ3) is 10.0. The normalized spacial score (nSPS) is 12.7. The topological polar surface area (TPSA) is 66.8 Å². The lowest BCUT2D eigenvalue weighted by Gasteiger charge is -2.21. The van der Waals surface area contributed by atoms with Gasteiger partial charge in [0.2, 0.25) is 0 Å². The van der Waals surface area contributed by atoms with Gasteiger partial charge in [-0.2, -0.15) is 0 Å². The summed E-state index contributed by atoms with van der Waals surface area (Å²) in [6.07, 6.45) is 0.366. The molecule has 0 aromatic heterocycles. The van der Waals surface area contributed by atoms with E-state index >= 15 is 0 Å². The second kappa shape index (κ2) is 4.82. The summed E-state index contributed by atoms with van der Waals surface area (Å²) in [5, 5.41) is 0. The number of carbonyl (C=O) groups is 1. The van der Waals surface area contributed by atoms with Gasteiger partial charge in [0.1, 0.15) is 0 Å². The maximum Gasteiger partial charge on any atom is 0.302 e. The smallest absolute Gasteiger partial charge is 0.302 e. The van der Waals surface area contributed by atoms with Gasteiger partial charge in [0.05, 0.1) is 12.4 Å². The highest BCUT2D eigenvalue weighted by atomic mass is 35.7. The van der Waals surface area contributed by atoms with Crippen LogP contribution in [0, 0.1) is 0 Å². The van der Waals surface area contributed by atoms with E-state index in [1.54, 1.807) is 0 Å². The zero-order valence-electron chi connectivity index (χ0n) is 6.12. The molecule has 6 heteroatoms. The number of halogens is 1. The van der Waals surface area contributed by atoms with Crippen molar-refractivity contribution in [3.05, 3.63) is 0 Å². The van der Waals surface area contributed by atoms with E-state index in [9.17, 15) is 4.79 Å². The van der Waals surface area contributed by atoms with Gasteiger partial charge in [-0.1, -0.05) is 0 Å². The van der Waals surface area contributed by atoms with Crippen LogP contribution in [0.5, 0.6) is 0 Å². The fraction of sp³-hybridized carbons (Fsp3) is 0.800. The van der Waals surface area contributed by atoms with Gasteiger partial charge in [-0.15, -0.1) is 9.80 Å². The van der Waals surface area contributed by atoms with Crippen LogP contribution in [0.25, 0.3) is 0 Å². The van der Waals surface area contributed by atoms with E-state index in [4.69, 9.17) is 19.8 Å². The van der Waals surface area contributed by atoms with Crippen LogP contribution in [0.3, 0.4) is 0 Å². The predicted molar refractivity (Wildman–Crippen MR) is 44.8 cm³/mol. The van der Waals surface area contributed by atoms with E-state index in [-0.39, 0.29) is 18.3 Å². The Bertz CT molecular complexity index is 133. The Kier molecular flexibility index (Phi) is 4.83. The number of ether oxygens (including phenoxy) is 1. The molecule has 0 aromatic rings. The molecular formula is C5H11ClO4S. The van der Waals surface area contributed by atoms with Gasteiger partial charge in [-0.25, -0.2) is 0 Å². The van der Waals surface area contributed by atoms with Gasteiger partial charge in [0.15, 0.2) is 0 Å². The summed E-state index contributed by atoms with van der Waals surface area (Å²) in [5.41, 5.74) is 0. The minimum atomic E-state index is -2.94. The standard InChI is InChI=1S/C5H11ClO4S/c1-5(7)10-3-2-4-11(6,8)9/h8-9H,2-4H2,1H3. The summed E-state index contributed by atoms with van der Waals surface area (Å²) in [6.45, 7) is 1.47. The summed E-state index contributed by atoms with van der Waals surface area (Å²) >= 11 is 0. The second-order valence-electron chi connectivity index (χ2n) is 1.98. The van der Waals surface area contributed by atoms with Gasteiger partial charge in [0.25, 0.3) is 0 Å². The fourth-order valence-corrected chi connectivity index (χ4v) is 1.27. The van der Waals surface area contributed by atoms with E-state index in [0.29, 0.717) is 6.42 Å². The minimum absolute atomic E-state index is 0.0574. The Labute approximate surface area is 71.3 Å². The predicted octanol–water partition coefficient (Wildman–Crippen LogP) is 1.84. The molecule has 68 valence electrons. The quantitative estimate of drug-likeness (QED) is 0.539. The molecule has 0 saturated carbocycles. The lowest BCUT2D eigenvalue weighted by Crippen LogP contribution is -2.04. The Balaban J connectivity index is 3.22. The summed E-state index contributed by atoms with van der Waals surface area (Å²) in [4.78, 5) is 10.2. The van der Waals surface area contributed by atoms with Crippen LogP contribution in [0.1, 0.15) is 13.3 Å². The van der Waals surface area contributed by atoms with Gasteiger partial charge in [0, 0.05) is 24.0 Å². The van der Waals surface area contributed by atoms with E-state index in [1.807, 2.05) is 0 Å². The fourth-order valence-electron chi connectivity index (χ4n) is 0.458. The molecule has 0 unspecified atom stereocenters. The number of hydrogen-bond acceptors (Lipinski definition) is 4.